The third kappa shape index (κ3) is 4.80. The number of nitrogens with one attached hydrogen (secondary N) is 1. The minimum absolute atomic E-state index is 0.618. The first kappa shape index (κ1) is 13.2. The van der Waals surface area contributed by atoms with E-state index in [-0.39, 0.29) is 0 Å². The van der Waals surface area contributed by atoms with Gasteiger partial charge in [-0.05, 0) is 37.8 Å². The average molecular weight is 219 g/mol. The quantitative estimate of drug-likeness (QED) is 0.771. The van der Waals surface area contributed by atoms with E-state index in [9.17, 15) is 0 Å². The normalized spacial score (nSPS) is 13.1. The molecular formula is C15H25N. The molecule has 0 aliphatic carbocycles. The van der Waals surface area contributed by atoms with Crippen molar-refractivity contribution in [2.45, 2.75) is 46.6 Å². The first-order valence-corrected chi connectivity index (χ1v) is 6.40. The number of likely N-dealkylation sites (N-methyl/N-ethyl adjacent to an activating group) is 1. The van der Waals surface area contributed by atoms with Crippen molar-refractivity contribution in [3.05, 3.63) is 35.4 Å². The molecule has 1 aromatic carbocycles. The maximum absolute atomic E-state index is 3.58. The fourth-order valence-electron chi connectivity index (χ4n) is 2.11. The number of aryl methyl sites for hydroxylation is 1. The molecule has 1 heteroatoms. The van der Waals surface area contributed by atoms with Gasteiger partial charge in [-0.15, -0.1) is 0 Å². The summed E-state index contributed by atoms with van der Waals surface area (Å²) in [6.07, 6.45) is 2.40. The average Bonchev–Trinajstić information content (AvgIpc) is 2.21. The van der Waals surface area contributed by atoms with Gasteiger partial charge in [0.15, 0.2) is 0 Å². The van der Waals surface area contributed by atoms with Crippen molar-refractivity contribution in [2.75, 3.05) is 6.54 Å². The maximum Gasteiger partial charge on any atom is 0.0110 e. The molecular weight excluding hydrogens is 194 g/mol. The van der Waals surface area contributed by atoms with E-state index < -0.39 is 0 Å². The van der Waals surface area contributed by atoms with Gasteiger partial charge in [0, 0.05) is 6.04 Å². The summed E-state index contributed by atoms with van der Waals surface area (Å²) in [7, 11) is 0. The van der Waals surface area contributed by atoms with Crippen LogP contribution in [0.5, 0.6) is 0 Å². The maximum atomic E-state index is 3.58. The van der Waals surface area contributed by atoms with Crippen LogP contribution in [0.25, 0.3) is 0 Å². The van der Waals surface area contributed by atoms with Crippen LogP contribution in [0.2, 0.25) is 0 Å². The van der Waals surface area contributed by atoms with Gasteiger partial charge in [-0.3, -0.25) is 0 Å². The van der Waals surface area contributed by atoms with Crippen LogP contribution in [0.3, 0.4) is 0 Å². The van der Waals surface area contributed by atoms with Gasteiger partial charge in [0.05, 0.1) is 0 Å². The van der Waals surface area contributed by atoms with Gasteiger partial charge < -0.3 is 5.32 Å². The molecule has 0 bridgehead atoms. The molecule has 90 valence electrons. The Morgan fingerprint density at radius 3 is 2.25 bits per heavy atom. The third-order valence-electron chi connectivity index (χ3n) is 2.85. The topological polar surface area (TPSA) is 12.0 Å². The zero-order chi connectivity index (χ0) is 12.0. The van der Waals surface area contributed by atoms with Crippen molar-refractivity contribution in [1.82, 2.24) is 5.32 Å². The molecule has 0 spiro atoms. The molecule has 0 amide bonds. The van der Waals surface area contributed by atoms with Gasteiger partial charge in [-0.2, -0.15) is 0 Å². The van der Waals surface area contributed by atoms with Crippen molar-refractivity contribution >= 4 is 0 Å². The van der Waals surface area contributed by atoms with Gasteiger partial charge in [0.2, 0.25) is 0 Å². The number of rotatable bonds is 6. The third-order valence-corrected chi connectivity index (χ3v) is 2.85. The SMILES string of the molecule is CCNC(Cc1ccc(C)cc1)CC(C)C. The number of hydrogen-bond donors (Lipinski definition) is 1. The van der Waals surface area contributed by atoms with E-state index in [1.807, 2.05) is 0 Å². The predicted octanol–water partition coefficient (Wildman–Crippen LogP) is 3.56. The lowest BCUT2D eigenvalue weighted by molar-refractivity contribution is 0.424. The van der Waals surface area contributed by atoms with Crippen LogP contribution in [0.4, 0.5) is 0 Å². The van der Waals surface area contributed by atoms with Crippen molar-refractivity contribution in [2.24, 2.45) is 5.92 Å². The molecule has 0 aliphatic heterocycles. The Bertz CT molecular complexity index is 287. The lowest BCUT2D eigenvalue weighted by Crippen LogP contribution is -2.32. The summed E-state index contributed by atoms with van der Waals surface area (Å²) in [5.74, 6) is 0.759. The van der Waals surface area contributed by atoms with E-state index in [1.165, 1.54) is 17.5 Å². The monoisotopic (exact) mass is 219 g/mol. The summed E-state index contributed by atoms with van der Waals surface area (Å²) < 4.78 is 0. The highest BCUT2D eigenvalue weighted by atomic mass is 14.9. The summed E-state index contributed by atoms with van der Waals surface area (Å²) >= 11 is 0. The molecule has 1 atom stereocenters. The van der Waals surface area contributed by atoms with Crippen molar-refractivity contribution in [3.8, 4) is 0 Å². The molecule has 1 unspecified atom stereocenters. The summed E-state index contributed by atoms with van der Waals surface area (Å²) in [6, 6.07) is 9.52. The molecule has 1 rings (SSSR count). The largest absolute Gasteiger partial charge is 0.314 e. The van der Waals surface area contributed by atoms with E-state index in [0.717, 1.165) is 18.9 Å². The zero-order valence-corrected chi connectivity index (χ0v) is 11.1. The van der Waals surface area contributed by atoms with E-state index in [0.29, 0.717) is 6.04 Å². The standard InChI is InChI=1S/C15H25N/c1-5-16-15(10-12(2)3)11-14-8-6-13(4)7-9-14/h6-9,12,15-16H,5,10-11H2,1-4H3. The molecule has 0 aromatic heterocycles. The predicted molar refractivity (Wildman–Crippen MR) is 71.8 cm³/mol. The molecule has 0 aliphatic rings. The van der Waals surface area contributed by atoms with Gasteiger partial charge in [0.25, 0.3) is 0 Å². The van der Waals surface area contributed by atoms with E-state index >= 15 is 0 Å². The van der Waals surface area contributed by atoms with Crippen LogP contribution < -0.4 is 5.32 Å². The lowest BCUT2D eigenvalue weighted by atomic mass is 9.97. The Labute approximate surface area is 100 Å². The molecule has 0 radical (unpaired) electrons. The van der Waals surface area contributed by atoms with Crippen molar-refractivity contribution in [3.63, 3.8) is 0 Å². The van der Waals surface area contributed by atoms with E-state index in [2.05, 4.69) is 57.3 Å². The molecule has 1 N–H and O–H groups in total. The Kier molecular flexibility index (Phi) is 5.54. The van der Waals surface area contributed by atoms with Crippen LogP contribution in [0.15, 0.2) is 24.3 Å². The molecule has 1 aromatic rings. The van der Waals surface area contributed by atoms with Gasteiger partial charge >= 0.3 is 0 Å². The van der Waals surface area contributed by atoms with E-state index in [4.69, 9.17) is 0 Å². The summed E-state index contributed by atoms with van der Waals surface area (Å²) in [4.78, 5) is 0. The minimum atomic E-state index is 0.618. The lowest BCUT2D eigenvalue weighted by Gasteiger charge is -2.20. The van der Waals surface area contributed by atoms with Gasteiger partial charge in [-0.25, -0.2) is 0 Å². The Morgan fingerprint density at radius 1 is 1.12 bits per heavy atom. The highest BCUT2D eigenvalue weighted by molar-refractivity contribution is 5.22. The molecule has 1 nitrogen and oxygen atoms in total. The second-order valence-corrected chi connectivity index (χ2v) is 5.07. The van der Waals surface area contributed by atoms with Crippen molar-refractivity contribution < 1.29 is 0 Å². The Hall–Kier alpha value is -0.820. The zero-order valence-electron chi connectivity index (χ0n) is 11.1. The van der Waals surface area contributed by atoms with Crippen LogP contribution in [-0.2, 0) is 6.42 Å². The molecule has 0 heterocycles. The fourth-order valence-corrected chi connectivity index (χ4v) is 2.11. The highest BCUT2D eigenvalue weighted by Gasteiger charge is 2.10. The molecule has 0 saturated heterocycles. The van der Waals surface area contributed by atoms with Gasteiger partial charge in [0.1, 0.15) is 0 Å². The van der Waals surface area contributed by atoms with E-state index in [1.54, 1.807) is 0 Å². The second kappa shape index (κ2) is 6.70. The first-order chi connectivity index (χ1) is 7.61. The summed E-state index contributed by atoms with van der Waals surface area (Å²) in [6.45, 7) is 9.96. The number of hydrogen-bond acceptors (Lipinski definition) is 1. The van der Waals surface area contributed by atoms with Crippen molar-refractivity contribution in [1.29, 1.82) is 0 Å². The van der Waals surface area contributed by atoms with Crippen LogP contribution in [-0.4, -0.2) is 12.6 Å². The van der Waals surface area contributed by atoms with Gasteiger partial charge in [-0.1, -0.05) is 50.6 Å². The van der Waals surface area contributed by atoms with Crippen LogP contribution in [0.1, 0.15) is 38.3 Å². The van der Waals surface area contributed by atoms with Crippen LogP contribution in [0, 0.1) is 12.8 Å². The Morgan fingerprint density at radius 2 is 1.75 bits per heavy atom. The molecule has 0 fully saturated rings. The molecule has 16 heavy (non-hydrogen) atoms. The summed E-state index contributed by atoms with van der Waals surface area (Å²) in [5, 5.41) is 3.58. The minimum Gasteiger partial charge on any atom is -0.314 e. The first-order valence-electron chi connectivity index (χ1n) is 6.40. The highest BCUT2D eigenvalue weighted by Crippen LogP contribution is 2.12. The number of benzene rings is 1. The summed E-state index contributed by atoms with van der Waals surface area (Å²) in [5.41, 5.74) is 2.78. The Balaban J connectivity index is 2.56. The smallest absolute Gasteiger partial charge is 0.0110 e. The fraction of sp³-hybridized carbons (Fsp3) is 0.600. The second-order valence-electron chi connectivity index (χ2n) is 5.07. The molecule has 0 saturated carbocycles. The van der Waals surface area contributed by atoms with Crippen LogP contribution >= 0.6 is 0 Å².